The minimum absolute atomic E-state index is 0.138. The number of rotatable bonds is 4. The minimum Gasteiger partial charge on any atom is -0.316 e. The zero-order valence-electron chi connectivity index (χ0n) is 12.6. The Kier molecular flexibility index (Phi) is 4.44. The smallest absolute Gasteiger partial charge is 0.316 e. The molecule has 1 heterocycles. The molecule has 5 nitrogen and oxygen atoms in total. The fraction of sp³-hybridized carbons (Fsp3) is 0.400. The van der Waals surface area contributed by atoms with Gasteiger partial charge in [-0.25, -0.2) is 4.99 Å². The molecule has 1 aliphatic rings. The van der Waals surface area contributed by atoms with E-state index in [1.165, 1.54) is 12.1 Å². The summed E-state index contributed by atoms with van der Waals surface area (Å²) in [5.74, 6) is -2.67. The van der Waals surface area contributed by atoms with E-state index in [9.17, 15) is 22.8 Å². The molecule has 1 atom stereocenters. The van der Waals surface area contributed by atoms with E-state index < -0.39 is 23.7 Å². The number of nitrogens with one attached hydrogen (secondary N) is 2. The van der Waals surface area contributed by atoms with Gasteiger partial charge < -0.3 is 10.6 Å². The van der Waals surface area contributed by atoms with Crippen LogP contribution in [-0.4, -0.2) is 29.5 Å². The number of hydrogen-bond acceptors (Lipinski definition) is 3. The minimum atomic E-state index is -5.06. The second-order valence-electron chi connectivity index (χ2n) is 5.63. The van der Waals surface area contributed by atoms with E-state index in [1.807, 2.05) is 0 Å². The molecule has 0 spiro atoms. The van der Waals surface area contributed by atoms with Crippen molar-refractivity contribution < 1.29 is 22.8 Å². The van der Waals surface area contributed by atoms with Gasteiger partial charge in [0.1, 0.15) is 5.84 Å². The van der Waals surface area contributed by atoms with Crippen LogP contribution in [0.2, 0.25) is 0 Å². The Balaban J connectivity index is 2.40. The van der Waals surface area contributed by atoms with Crippen LogP contribution in [0.15, 0.2) is 35.3 Å². The van der Waals surface area contributed by atoms with Crippen LogP contribution in [0.5, 0.6) is 0 Å². The van der Waals surface area contributed by atoms with Gasteiger partial charge in [-0.1, -0.05) is 44.2 Å². The maximum Gasteiger partial charge on any atom is 0.442 e. The Labute approximate surface area is 131 Å². The van der Waals surface area contributed by atoms with Crippen molar-refractivity contribution in [3.05, 3.63) is 35.9 Å². The molecule has 0 bridgehead atoms. The molecule has 2 N–H and O–H groups in total. The van der Waals surface area contributed by atoms with Gasteiger partial charge in [0.15, 0.2) is 0 Å². The lowest BCUT2D eigenvalue weighted by molar-refractivity contribution is -0.197. The van der Waals surface area contributed by atoms with E-state index >= 15 is 0 Å². The van der Waals surface area contributed by atoms with Crippen LogP contribution < -0.4 is 10.6 Å². The molecule has 23 heavy (non-hydrogen) atoms. The molecule has 2 rings (SSSR count). The lowest BCUT2D eigenvalue weighted by Crippen LogP contribution is -2.63. The average Bonchev–Trinajstić information content (AvgIpc) is 2.77. The number of nitrogens with zero attached hydrogens (tertiary/aromatic N) is 1. The molecule has 1 aromatic carbocycles. The van der Waals surface area contributed by atoms with E-state index in [0.717, 1.165) is 0 Å². The number of halogens is 3. The Morgan fingerprint density at radius 1 is 1.30 bits per heavy atom. The quantitative estimate of drug-likeness (QED) is 0.888. The van der Waals surface area contributed by atoms with E-state index in [4.69, 9.17) is 0 Å². The molecule has 0 unspecified atom stereocenters. The number of carbonyl (C=O) groups excluding carboxylic acids is 2. The van der Waals surface area contributed by atoms with Gasteiger partial charge in [-0.2, -0.15) is 13.2 Å². The Morgan fingerprint density at radius 3 is 2.43 bits per heavy atom. The standard InChI is InChI=1S/C15H16F3N3O2/c1-9(2)8-11(22)20-14(15(16,17)18)13(23)19-12(21-14)10-6-4-3-5-7-10/h3-7,9H,8H2,1-2H3,(H,20,22)(H,19,21,23)/t14-/m0/s1. The SMILES string of the molecule is CC(C)CC(=O)N[C@]1(C(F)(F)F)N=C(c2ccccc2)NC1=O. The van der Waals surface area contributed by atoms with E-state index in [0.29, 0.717) is 5.56 Å². The lowest BCUT2D eigenvalue weighted by atomic mass is 10.1. The van der Waals surface area contributed by atoms with Gasteiger partial charge in [-0.05, 0) is 5.92 Å². The van der Waals surface area contributed by atoms with Gasteiger partial charge in [0, 0.05) is 12.0 Å². The van der Waals surface area contributed by atoms with E-state index in [-0.39, 0.29) is 18.2 Å². The molecule has 2 amide bonds. The molecule has 0 radical (unpaired) electrons. The van der Waals surface area contributed by atoms with E-state index in [1.54, 1.807) is 37.4 Å². The van der Waals surface area contributed by atoms with Crippen LogP contribution in [-0.2, 0) is 9.59 Å². The number of hydrogen-bond donors (Lipinski definition) is 2. The van der Waals surface area contributed by atoms with Crippen molar-refractivity contribution in [3.8, 4) is 0 Å². The molecule has 0 saturated heterocycles. The third-order valence-electron chi connectivity index (χ3n) is 3.21. The summed E-state index contributed by atoms with van der Waals surface area (Å²) in [4.78, 5) is 27.3. The third kappa shape index (κ3) is 3.35. The fourth-order valence-electron chi connectivity index (χ4n) is 2.15. The lowest BCUT2D eigenvalue weighted by Gasteiger charge is -2.27. The highest BCUT2D eigenvalue weighted by Gasteiger charge is 2.65. The summed E-state index contributed by atoms with van der Waals surface area (Å²) >= 11 is 0. The van der Waals surface area contributed by atoms with Crippen LogP contribution in [0, 0.1) is 5.92 Å². The largest absolute Gasteiger partial charge is 0.442 e. The van der Waals surface area contributed by atoms with E-state index in [2.05, 4.69) is 10.3 Å². The van der Waals surface area contributed by atoms with Gasteiger partial charge in [0.25, 0.3) is 5.91 Å². The van der Waals surface area contributed by atoms with Crippen molar-refractivity contribution in [1.82, 2.24) is 10.6 Å². The zero-order chi connectivity index (χ0) is 17.3. The van der Waals surface area contributed by atoms with Crippen molar-refractivity contribution >= 4 is 17.6 Å². The first kappa shape index (κ1) is 17.0. The predicted octanol–water partition coefficient (Wildman–Crippen LogP) is 1.98. The highest BCUT2D eigenvalue weighted by Crippen LogP contribution is 2.35. The summed E-state index contributed by atoms with van der Waals surface area (Å²) in [5, 5.41) is 3.85. The highest BCUT2D eigenvalue weighted by molar-refractivity contribution is 6.16. The highest BCUT2D eigenvalue weighted by atomic mass is 19.4. The second-order valence-corrected chi connectivity index (χ2v) is 5.63. The maximum absolute atomic E-state index is 13.5. The van der Waals surface area contributed by atoms with Crippen LogP contribution in [0.25, 0.3) is 0 Å². The number of amidine groups is 1. The molecule has 0 aliphatic carbocycles. The second kappa shape index (κ2) is 6.02. The molecule has 1 aromatic rings. The first-order chi connectivity index (χ1) is 10.7. The van der Waals surface area contributed by atoms with Crippen LogP contribution in [0.1, 0.15) is 25.8 Å². The van der Waals surface area contributed by atoms with Gasteiger partial charge in [0.05, 0.1) is 0 Å². The Morgan fingerprint density at radius 2 is 1.91 bits per heavy atom. The molecular formula is C15H16F3N3O2. The first-order valence-electron chi connectivity index (χ1n) is 7.00. The summed E-state index contributed by atoms with van der Waals surface area (Å²) in [7, 11) is 0. The Bertz CT molecular complexity index is 641. The summed E-state index contributed by atoms with van der Waals surface area (Å²) < 4.78 is 40.4. The number of benzene rings is 1. The van der Waals surface area contributed by atoms with Crippen LogP contribution in [0.4, 0.5) is 13.2 Å². The van der Waals surface area contributed by atoms with Crippen molar-refractivity contribution in [1.29, 1.82) is 0 Å². The van der Waals surface area contributed by atoms with Gasteiger partial charge in [0.2, 0.25) is 5.91 Å². The topological polar surface area (TPSA) is 70.6 Å². The average molecular weight is 327 g/mol. The third-order valence-corrected chi connectivity index (χ3v) is 3.21. The maximum atomic E-state index is 13.5. The van der Waals surface area contributed by atoms with Gasteiger partial charge in [-0.15, -0.1) is 0 Å². The molecular weight excluding hydrogens is 311 g/mol. The molecule has 0 aromatic heterocycles. The zero-order valence-corrected chi connectivity index (χ0v) is 12.6. The van der Waals surface area contributed by atoms with Crippen molar-refractivity contribution in [2.24, 2.45) is 10.9 Å². The predicted molar refractivity (Wildman–Crippen MR) is 77.5 cm³/mol. The molecule has 1 aliphatic heterocycles. The summed E-state index contributed by atoms with van der Waals surface area (Å²) in [6, 6.07) is 7.93. The van der Waals surface area contributed by atoms with Gasteiger partial charge >= 0.3 is 11.8 Å². The molecule has 124 valence electrons. The van der Waals surface area contributed by atoms with Crippen LogP contribution >= 0.6 is 0 Å². The molecule has 0 saturated carbocycles. The fourth-order valence-corrected chi connectivity index (χ4v) is 2.15. The molecule has 0 fully saturated rings. The number of amides is 2. The number of alkyl halides is 3. The molecule has 8 heteroatoms. The van der Waals surface area contributed by atoms with Crippen molar-refractivity contribution in [2.45, 2.75) is 32.1 Å². The summed E-state index contributed by atoms with van der Waals surface area (Å²) in [5.41, 5.74) is -2.96. The van der Waals surface area contributed by atoms with Crippen molar-refractivity contribution in [2.75, 3.05) is 0 Å². The summed E-state index contributed by atoms with van der Waals surface area (Å²) in [6.07, 6.45) is -5.19. The number of aliphatic imine (C=N–C) groups is 1. The number of carbonyl (C=O) groups is 2. The normalized spacial score (nSPS) is 21.1. The van der Waals surface area contributed by atoms with Crippen LogP contribution in [0.3, 0.4) is 0 Å². The first-order valence-corrected chi connectivity index (χ1v) is 7.00. The van der Waals surface area contributed by atoms with Gasteiger partial charge in [-0.3, -0.25) is 9.59 Å². The monoisotopic (exact) mass is 327 g/mol. The Hall–Kier alpha value is -2.38. The van der Waals surface area contributed by atoms with Crippen molar-refractivity contribution in [3.63, 3.8) is 0 Å². The summed E-state index contributed by atoms with van der Waals surface area (Å²) in [6.45, 7) is 3.38.